The minimum Gasteiger partial charge on any atom is -0.397 e. The Morgan fingerprint density at radius 3 is 2.63 bits per heavy atom. The van der Waals surface area contributed by atoms with Crippen molar-refractivity contribution in [2.24, 2.45) is 0 Å². The van der Waals surface area contributed by atoms with E-state index in [2.05, 4.69) is 24.1 Å². The van der Waals surface area contributed by atoms with Crippen molar-refractivity contribution in [2.45, 2.75) is 39.7 Å². The minimum atomic E-state index is -0.142. The van der Waals surface area contributed by atoms with Gasteiger partial charge in [0.15, 0.2) is 0 Å². The average Bonchev–Trinajstić information content (AvgIpc) is 2.42. The van der Waals surface area contributed by atoms with Gasteiger partial charge in [-0.3, -0.25) is 9.69 Å². The zero-order chi connectivity index (χ0) is 14.3. The molecule has 1 aromatic carbocycles. The summed E-state index contributed by atoms with van der Waals surface area (Å²) in [5.74, 6) is -0.00384. The molecule has 1 unspecified atom stereocenters. The number of benzene rings is 1. The number of carbonyl (C=O) groups excluding carboxylic acids is 1. The molecule has 106 valence electrons. The summed E-state index contributed by atoms with van der Waals surface area (Å²) in [4.78, 5) is 14.4. The van der Waals surface area contributed by atoms with E-state index in [1.807, 2.05) is 25.1 Å². The predicted octanol–water partition coefficient (Wildman–Crippen LogP) is 2.72. The van der Waals surface area contributed by atoms with Crippen molar-refractivity contribution in [3.63, 3.8) is 0 Å². The van der Waals surface area contributed by atoms with Crippen LogP contribution in [0.1, 0.15) is 33.6 Å². The molecule has 0 saturated heterocycles. The van der Waals surface area contributed by atoms with Gasteiger partial charge in [0, 0.05) is 0 Å². The summed E-state index contributed by atoms with van der Waals surface area (Å²) in [7, 11) is 0. The lowest BCUT2D eigenvalue weighted by Gasteiger charge is -2.26. The van der Waals surface area contributed by atoms with E-state index in [0.717, 1.165) is 25.9 Å². The van der Waals surface area contributed by atoms with Crippen molar-refractivity contribution in [3.05, 3.63) is 24.3 Å². The van der Waals surface area contributed by atoms with Crippen LogP contribution >= 0.6 is 0 Å². The van der Waals surface area contributed by atoms with Gasteiger partial charge in [-0.05, 0) is 38.6 Å². The molecule has 0 bridgehead atoms. The molecule has 0 radical (unpaired) electrons. The molecule has 0 aliphatic heterocycles. The Morgan fingerprint density at radius 2 is 2.05 bits per heavy atom. The molecule has 4 nitrogen and oxygen atoms in total. The van der Waals surface area contributed by atoms with E-state index in [9.17, 15) is 4.79 Å². The number of amides is 1. The summed E-state index contributed by atoms with van der Waals surface area (Å²) in [5, 5.41) is 2.90. The van der Waals surface area contributed by atoms with Gasteiger partial charge in [0.25, 0.3) is 0 Å². The van der Waals surface area contributed by atoms with Crippen LogP contribution in [0, 0.1) is 0 Å². The van der Waals surface area contributed by atoms with Crippen LogP contribution < -0.4 is 11.1 Å². The van der Waals surface area contributed by atoms with Crippen molar-refractivity contribution in [1.29, 1.82) is 0 Å². The standard InChI is InChI=1S/C15H25N3O/c1-4-6-11-18(5-2)12(3)15(19)17-14-10-8-7-9-13(14)16/h7-10,12H,4-6,11,16H2,1-3H3,(H,17,19). The van der Waals surface area contributed by atoms with Crippen molar-refractivity contribution in [3.8, 4) is 0 Å². The highest BCUT2D eigenvalue weighted by molar-refractivity contribution is 5.97. The fourth-order valence-electron chi connectivity index (χ4n) is 2.00. The molecule has 0 spiro atoms. The van der Waals surface area contributed by atoms with E-state index in [4.69, 9.17) is 5.73 Å². The number of unbranched alkanes of at least 4 members (excludes halogenated alkanes) is 1. The third-order valence-electron chi connectivity index (χ3n) is 3.35. The van der Waals surface area contributed by atoms with Crippen molar-refractivity contribution in [1.82, 2.24) is 4.90 Å². The lowest BCUT2D eigenvalue weighted by molar-refractivity contribution is -0.120. The van der Waals surface area contributed by atoms with Gasteiger partial charge in [0.2, 0.25) is 5.91 Å². The van der Waals surface area contributed by atoms with E-state index in [-0.39, 0.29) is 11.9 Å². The van der Waals surface area contributed by atoms with Gasteiger partial charge in [0.05, 0.1) is 17.4 Å². The highest BCUT2D eigenvalue weighted by atomic mass is 16.2. The molecule has 1 atom stereocenters. The maximum Gasteiger partial charge on any atom is 0.241 e. The summed E-state index contributed by atoms with van der Waals surface area (Å²) in [5.41, 5.74) is 7.11. The van der Waals surface area contributed by atoms with E-state index >= 15 is 0 Å². The number of carbonyl (C=O) groups is 1. The largest absolute Gasteiger partial charge is 0.397 e. The molecule has 0 fully saturated rings. The number of anilines is 2. The number of rotatable bonds is 7. The molecule has 1 amide bonds. The first-order chi connectivity index (χ1) is 9.10. The normalized spacial score (nSPS) is 12.4. The Hall–Kier alpha value is -1.55. The van der Waals surface area contributed by atoms with Crippen molar-refractivity contribution in [2.75, 3.05) is 24.1 Å². The smallest absolute Gasteiger partial charge is 0.241 e. The van der Waals surface area contributed by atoms with Crippen LogP contribution in [0.5, 0.6) is 0 Å². The lowest BCUT2D eigenvalue weighted by atomic mass is 10.2. The average molecular weight is 263 g/mol. The Bertz CT molecular complexity index is 406. The summed E-state index contributed by atoms with van der Waals surface area (Å²) in [6.45, 7) is 8.00. The summed E-state index contributed by atoms with van der Waals surface area (Å²) in [6, 6.07) is 7.19. The summed E-state index contributed by atoms with van der Waals surface area (Å²) < 4.78 is 0. The van der Waals surface area contributed by atoms with Gasteiger partial charge >= 0.3 is 0 Å². The monoisotopic (exact) mass is 263 g/mol. The third-order valence-corrected chi connectivity index (χ3v) is 3.35. The molecule has 3 N–H and O–H groups in total. The number of hydrogen-bond donors (Lipinski definition) is 2. The maximum absolute atomic E-state index is 12.2. The molecular weight excluding hydrogens is 238 g/mol. The molecule has 1 rings (SSSR count). The van der Waals surface area contributed by atoms with Gasteiger partial charge in [-0.1, -0.05) is 32.4 Å². The highest BCUT2D eigenvalue weighted by Gasteiger charge is 2.19. The second-order valence-electron chi connectivity index (χ2n) is 4.73. The Balaban J connectivity index is 2.63. The molecular formula is C15H25N3O. The number of hydrogen-bond acceptors (Lipinski definition) is 3. The van der Waals surface area contributed by atoms with Crippen LogP contribution in [0.15, 0.2) is 24.3 Å². The van der Waals surface area contributed by atoms with Gasteiger partial charge in [-0.2, -0.15) is 0 Å². The second-order valence-corrected chi connectivity index (χ2v) is 4.73. The SMILES string of the molecule is CCCCN(CC)C(C)C(=O)Nc1ccccc1N. The van der Waals surface area contributed by atoms with Crippen LogP contribution in [0.4, 0.5) is 11.4 Å². The van der Waals surface area contributed by atoms with E-state index in [0.29, 0.717) is 11.4 Å². The van der Waals surface area contributed by atoms with Crippen molar-refractivity contribution < 1.29 is 4.79 Å². The predicted molar refractivity (Wildman–Crippen MR) is 81.1 cm³/mol. The molecule has 19 heavy (non-hydrogen) atoms. The fourth-order valence-corrected chi connectivity index (χ4v) is 2.00. The van der Waals surface area contributed by atoms with Crippen LogP contribution in [0.25, 0.3) is 0 Å². The van der Waals surface area contributed by atoms with Crippen LogP contribution in [-0.2, 0) is 4.79 Å². The number of nitrogen functional groups attached to an aromatic ring is 1. The first kappa shape index (κ1) is 15.5. The van der Waals surface area contributed by atoms with Gasteiger partial charge in [-0.15, -0.1) is 0 Å². The highest BCUT2D eigenvalue weighted by Crippen LogP contribution is 2.17. The van der Waals surface area contributed by atoms with E-state index < -0.39 is 0 Å². The zero-order valence-electron chi connectivity index (χ0n) is 12.1. The summed E-state index contributed by atoms with van der Waals surface area (Å²) in [6.07, 6.45) is 2.25. The van der Waals surface area contributed by atoms with Crippen LogP contribution in [0.3, 0.4) is 0 Å². The zero-order valence-corrected chi connectivity index (χ0v) is 12.1. The van der Waals surface area contributed by atoms with E-state index in [1.54, 1.807) is 6.07 Å². The molecule has 0 aliphatic carbocycles. The van der Waals surface area contributed by atoms with Gasteiger partial charge < -0.3 is 11.1 Å². The second kappa shape index (κ2) is 7.79. The Kier molecular flexibility index (Phi) is 6.36. The number of nitrogens with two attached hydrogens (primary N) is 1. The molecule has 1 aromatic rings. The molecule has 4 heteroatoms. The number of para-hydroxylation sites is 2. The Labute approximate surface area is 116 Å². The van der Waals surface area contributed by atoms with Crippen molar-refractivity contribution >= 4 is 17.3 Å². The quantitative estimate of drug-likeness (QED) is 0.744. The fraction of sp³-hybridized carbons (Fsp3) is 0.533. The van der Waals surface area contributed by atoms with Gasteiger partial charge in [0.1, 0.15) is 0 Å². The number of likely N-dealkylation sites (N-methyl/N-ethyl adjacent to an activating group) is 1. The topological polar surface area (TPSA) is 58.4 Å². The van der Waals surface area contributed by atoms with Crippen LogP contribution in [0.2, 0.25) is 0 Å². The molecule has 0 heterocycles. The van der Waals surface area contributed by atoms with E-state index in [1.165, 1.54) is 0 Å². The third kappa shape index (κ3) is 4.56. The summed E-state index contributed by atoms with van der Waals surface area (Å²) >= 11 is 0. The Morgan fingerprint density at radius 1 is 1.37 bits per heavy atom. The first-order valence-corrected chi connectivity index (χ1v) is 6.99. The molecule has 0 aliphatic rings. The van der Waals surface area contributed by atoms with Gasteiger partial charge in [-0.25, -0.2) is 0 Å². The maximum atomic E-state index is 12.2. The lowest BCUT2D eigenvalue weighted by Crippen LogP contribution is -2.42. The molecule has 0 aromatic heterocycles. The molecule has 0 saturated carbocycles. The number of nitrogens with one attached hydrogen (secondary N) is 1. The number of nitrogens with zero attached hydrogens (tertiary/aromatic N) is 1. The first-order valence-electron chi connectivity index (χ1n) is 6.99. The minimum absolute atomic E-state index is 0.00384. The van der Waals surface area contributed by atoms with Crippen LogP contribution in [-0.4, -0.2) is 29.9 Å².